The van der Waals surface area contributed by atoms with Crippen molar-refractivity contribution < 1.29 is 17.9 Å². The van der Waals surface area contributed by atoms with Gasteiger partial charge in [-0.1, -0.05) is 54.1 Å². The van der Waals surface area contributed by atoms with E-state index in [9.17, 15) is 13.2 Å². The Morgan fingerprint density at radius 2 is 1.66 bits per heavy atom. The largest absolute Gasteiger partial charge is 0.379 e. The molecule has 3 aromatic carbocycles. The Morgan fingerprint density at radius 1 is 0.971 bits per heavy atom. The standard InChI is InChI=1S/C27H31N3O4S/c1-20-8-12-24(13-9-20)29-35(32,33)26-18-23(11-10-21(26)2)27(31)28-25(22-6-4-3-5-7-22)19-30-14-16-34-17-15-30/h3-13,18,25,29H,14-17,19H2,1-2H3,(H,28,31). The van der Waals surface area contributed by atoms with Crippen molar-refractivity contribution in [2.45, 2.75) is 24.8 Å². The Kier molecular flexibility index (Phi) is 7.85. The molecule has 184 valence electrons. The second-order valence-corrected chi connectivity index (χ2v) is 10.5. The maximum atomic E-state index is 13.3. The third-order valence-corrected chi connectivity index (χ3v) is 7.62. The van der Waals surface area contributed by atoms with Gasteiger partial charge in [0.15, 0.2) is 0 Å². The number of amides is 1. The van der Waals surface area contributed by atoms with Crippen molar-refractivity contribution in [2.24, 2.45) is 0 Å². The molecule has 0 bridgehead atoms. The van der Waals surface area contributed by atoms with Gasteiger partial charge in [0, 0.05) is 30.9 Å². The molecule has 1 aliphatic rings. The highest BCUT2D eigenvalue weighted by Gasteiger charge is 2.23. The van der Waals surface area contributed by atoms with E-state index in [-0.39, 0.29) is 16.8 Å². The summed E-state index contributed by atoms with van der Waals surface area (Å²) in [7, 11) is -3.87. The van der Waals surface area contributed by atoms with E-state index in [0.29, 0.717) is 36.6 Å². The quantitative estimate of drug-likeness (QED) is 0.497. The number of nitrogens with zero attached hydrogens (tertiary/aromatic N) is 1. The van der Waals surface area contributed by atoms with Gasteiger partial charge in [0.25, 0.3) is 15.9 Å². The van der Waals surface area contributed by atoms with Crippen LogP contribution in [0.2, 0.25) is 0 Å². The van der Waals surface area contributed by atoms with E-state index < -0.39 is 10.0 Å². The van der Waals surface area contributed by atoms with E-state index in [1.807, 2.05) is 49.4 Å². The molecule has 2 N–H and O–H groups in total. The monoisotopic (exact) mass is 493 g/mol. The van der Waals surface area contributed by atoms with E-state index in [0.717, 1.165) is 24.2 Å². The predicted molar refractivity (Wildman–Crippen MR) is 137 cm³/mol. The van der Waals surface area contributed by atoms with Crippen LogP contribution in [0.1, 0.15) is 33.1 Å². The third-order valence-electron chi connectivity index (χ3n) is 6.10. The molecule has 0 saturated carbocycles. The molecular weight excluding hydrogens is 462 g/mol. The lowest BCUT2D eigenvalue weighted by molar-refractivity contribution is 0.0332. The summed E-state index contributed by atoms with van der Waals surface area (Å²) in [4.78, 5) is 15.6. The number of hydrogen-bond acceptors (Lipinski definition) is 5. The lowest BCUT2D eigenvalue weighted by atomic mass is 10.0. The minimum Gasteiger partial charge on any atom is -0.379 e. The van der Waals surface area contributed by atoms with Crippen LogP contribution in [0.4, 0.5) is 5.69 Å². The number of aryl methyl sites for hydroxylation is 2. The number of ether oxygens (including phenoxy) is 1. The first-order valence-electron chi connectivity index (χ1n) is 11.7. The van der Waals surface area contributed by atoms with Crippen molar-refractivity contribution in [3.8, 4) is 0 Å². The predicted octanol–water partition coefficient (Wildman–Crippen LogP) is 3.91. The fourth-order valence-corrected chi connectivity index (χ4v) is 5.40. The highest BCUT2D eigenvalue weighted by molar-refractivity contribution is 7.92. The Labute approximate surface area is 207 Å². The van der Waals surface area contributed by atoms with E-state index in [1.54, 1.807) is 31.2 Å². The first-order chi connectivity index (χ1) is 16.8. The SMILES string of the molecule is Cc1ccc(NS(=O)(=O)c2cc(C(=O)NC(CN3CCOCC3)c3ccccc3)ccc2C)cc1. The van der Waals surface area contributed by atoms with E-state index in [1.165, 1.54) is 6.07 Å². The smallest absolute Gasteiger partial charge is 0.262 e. The summed E-state index contributed by atoms with van der Waals surface area (Å²) >= 11 is 0. The summed E-state index contributed by atoms with van der Waals surface area (Å²) in [6.07, 6.45) is 0. The number of sulfonamides is 1. The van der Waals surface area contributed by atoms with Crippen molar-refractivity contribution in [2.75, 3.05) is 37.6 Å². The maximum Gasteiger partial charge on any atom is 0.262 e. The van der Waals surface area contributed by atoms with Gasteiger partial charge >= 0.3 is 0 Å². The fourth-order valence-electron chi connectivity index (χ4n) is 4.07. The van der Waals surface area contributed by atoms with E-state index in [4.69, 9.17) is 4.74 Å². The van der Waals surface area contributed by atoms with Crippen LogP contribution in [-0.4, -0.2) is 52.1 Å². The van der Waals surface area contributed by atoms with Gasteiger partial charge in [-0.15, -0.1) is 0 Å². The van der Waals surface area contributed by atoms with Gasteiger partial charge in [-0.05, 0) is 49.2 Å². The number of anilines is 1. The van der Waals surface area contributed by atoms with Crippen LogP contribution in [0.3, 0.4) is 0 Å². The van der Waals surface area contributed by atoms with E-state index >= 15 is 0 Å². The van der Waals surface area contributed by atoms with Crippen molar-refractivity contribution in [1.82, 2.24) is 10.2 Å². The molecule has 1 amide bonds. The molecule has 1 aliphatic heterocycles. The summed E-state index contributed by atoms with van der Waals surface area (Å²) in [6.45, 7) is 7.24. The minimum atomic E-state index is -3.87. The van der Waals surface area contributed by atoms with Crippen LogP contribution in [0.25, 0.3) is 0 Å². The highest BCUT2D eigenvalue weighted by Crippen LogP contribution is 2.22. The number of morpholine rings is 1. The molecule has 0 aliphatic carbocycles. The van der Waals surface area contributed by atoms with Gasteiger partial charge in [0.1, 0.15) is 0 Å². The van der Waals surface area contributed by atoms with Gasteiger partial charge in [-0.25, -0.2) is 8.42 Å². The maximum absolute atomic E-state index is 13.3. The molecule has 4 rings (SSSR count). The average Bonchev–Trinajstić information content (AvgIpc) is 2.86. The van der Waals surface area contributed by atoms with Crippen molar-refractivity contribution in [3.05, 3.63) is 95.1 Å². The number of rotatable bonds is 8. The van der Waals surface area contributed by atoms with Crippen molar-refractivity contribution >= 4 is 21.6 Å². The molecule has 3 aromatic rings. The van der Waals surface area contributed by atoms with Crippen molar-refractivity contribution in [3.63, 3.8) is 0 Å². The van der Waals surface area contributed by atoms with Gasteiger partial charge in [-0.3, -0.25) is 14.4 Å². The zero-order valence-electron chi connectivity index (χ0n) is 20.0. The zero-order chi connectivity index (χ0) is 24.8. The Morgan fingerprint density at radius 3 is 2.34 bits per heavy atom. The normalized spacial score (nSPS) is 15.4. The lowest BCUT2D eigenvalue weighted by Crippen LogP contribution is -2.43. The minimum absolute atomic E-state index is 0.0789. The van der Waals surface area contributed by atoms with Crippen LogP contribution in [0.15, 0.2) is 77.7 Å². The van der Waals surface area contributed by atoms with Gasteiger partial charge in [0.2, 0.25) is 0 Å². The highest BCUT2D eigenvalue weighted by atomic mass is 32.2. The number of nitrogens with one attached hydrogen (secondary N) is 2. The van der Waals surface area contributed by atoms with Crippen molar-refractivity contribution in [1.29, 1.82) is 0 Å². The summed E-state index contributed by atoms with van der Waals surface area (Å²) < 4.78 is 34.3. The molecule has 1 fully saturated rings. The van der Waals surface area contributed by atoms with Gasteiger partial charge < -0.3 is 10.1 Å². The summed E-state index contributed by atoms with van der Waals surface area (Å²) in [6, 6.07) is 21.4. The molecule has 8 heteroatoms. The molecule has 1 atom stereocenters. The molecule has 1 heterocycles. The molecule has 0 spiro atoms. The Balaban J connectivity index is 1.56. The Bertz CT molecular complexity index is 1260. The van der Waals surface area contributed by atoms with E-state index in [2.05, 4.69) is 14.9 Å². The Hall–Kier alpha value is -3.20. The topological polar surface area (TPSA) is 87.7 Å². The number of carbonyl (C=O) groups excluding carboxylic acids is 1. The molecule has 35 heavy (non-hydrogen) atoms. The molecular formula is C27H31N3O4S. The molecule has 7 nitrogen and oxygen atoms in total. The second-order valence-electron chi connectivity index (χ2n) is 8.80. The molecule has 1 unspecified atom stereocenters. The fraction of sp³-hybridized carbons (Fsp3) is 0.296. The van der Waals surface area contributed by atoms with Crippen LogP contribution >= 0.6 is 0 Å². The number of carbonyl (C=O) groups is 1. The van der Waals surface area contributed by atoms with Crippen LogP contribution in [-0.2, 0) is 14.8 Å². The lowest BCUT2D eigenvalue weighted by Gasteiger charge is -2.31. The molecule has 0 aromatic heterocycles. The molecule has 0 radical (unpaired) electrons. The van der Waals surface area contributed by atoms with Gasteiger partial charge in [0.05, 0.1) is 24.2 Å². The van der Waals surface area contributed by atoms with Crippen LogP contribution in [0.5, 0.6) is 0 Å². The molecule has 1 saturated heterocycles. The summed E-state index contributed by atoms with van der Waals surface area (Å²) in [5.41, 5.74) is 3.36. The second kappa shape index (κ2) is 11.0. The third kappa shape index (κ3) is 6.48. The number of benzene rings is 3. The van der Waals surface area contributed by atoms with Crippen LogP contribution in [0, 0.1) is 13.8 Å². The zero-order valence-corrected chi connectivity index (χ0v) is 20.8. The average molecular weight is 494 g/mol. The first-order valence-corrected chi connectivity index (χ1v) is 13.2. The van der Waals surface area contributed by atoms with Crippen LogP contribution < -0.4 is 10.0 Å². The summed E-state index contributed by atoms with van der Waals surface area (Å²) in [5, 5.41) is 3.11. The van der Waals surface area contributed by atoms with Gasteiger partial charge in [-0.2, -0.15) is 0 Å². The first kappa shape index (κ1) is 24.9. The number of hydrogen-bond donors (Lipinski definition) is 2. The summed E-state index contributed by atoms with van der Waals surface area (Å²) in [5.74, 6) is -0.320.